The molecule has 1 aliphatic carbocycles. The van der Waals surface area contributed by atoms with Gasteiger partial charge in [0.05, 0.1) is 0 Å². The summed E-state index contributed by atoms with van der Waals surface area (Å²) in [6.45, 7) is 4.05. The predicted molar refractivity (Wildman–Crippen MR) is 80.3 cm³/mol. The molecule has 2 nitrogen and oxygen atoms in total. The molecule has 1 saturated carbocycles. The first-order valence-corrected chi connectivity index (χ1v) is 8.26. The maximum absolute atomic E-state index is 12.1. The molecule has 1 amide bonds. The summed E-state index contributed by atoms with van der Waals surface area (Å²) in [6.07, 6.45) is 3.32. The van der Waals surface area contributed by atoms with Crippen molar-refractivity contribution in [2.45, 2.75) is 31.4 Å². The van der Waals surface area contributed by atoms with Crippen molar-refractivity contribution in [3.05, 3.63) is 35.4 Å². The lowest BCUT2D eigenvalue weighted by molar-refractivity contribution is -0.132. The van der Waals surface area contributed by atoms with Crippen LogP contribution in [0.2, 0.25) is 0 Å². The van der Waals surface area contributed by atoms with Gasteiger partial charge in [0.15, 0.2) is 0 Å². The third-order valence-electron chi connectivity index (χ3n) is 4.12. The third kappa shape index (κ3) is 2.97. The number of hydrogen-bond acceptors (Lipinski definition) is 2. The lowest BCUT2D eigenvalue weighted by atomic mass is 10.0. The van der Waals surface area contributed by atoms with E-state index in [1.807, 2.05) is 11.8 Å². The molecule has 19 heavy (non-hydrogen) atoms. The quantitative estimate of drug-likeness (QED) is 0.824. The van der Waals surface area contributed by atoms with Crippen LogP contribution in [-0.2, 0) is 4.79 Å². The van der Waals surface area contributed by atoms with Gasteiger partial charge in [-0.05, 0) is 37.3 Å². The smallest absolute Gasteiger partial charge is 0.225 e. The molecule has 0 spiro atoms. The van der Waals surface area contributed by atoms with Gasteiger partial charge in [0.2, 0.25) is 5.91 Å². The Labute approximate surface area is 119 Å². The maximum atomic E-state index is 12.1. The molecule has 3 rings (SSSR count). The Morgan fingerprint density at radius 1 is 1.21 bits per heavy atom. The summed E-state index contributed by atoms with van der Waals surface area (Å²) in [4.78, 5) is 14.2. The minimum atomic E-state index is 0.361. The molecule has 0 aromatic heterocycles. The molecule has 1 aliphatic heterocycles. The highest BCUT2D eigenvalue weighted by atomic mass is 32.2. The molecule has 2 fully saturated rings. The van der Waals surface area contributed by atoms with Crippen molar-refractivity contribution in [1.82, 2.24) is 4.90 Å². The van der Waals surface area contributed by atoms with E-state index in [9.17, 15) is 4.79 Å². The van der Waals surface area contributed by atoms with Gasteiger partial charge in [-0.2, -0.15) is 11.8 Å². The molecule has 3 heteroatoms. The van der Waals surface area contributed by atoms with Crippen LogP contribution in [0, 0.1) is 12.8 Å². The first-order valence-electron chi connectivity index (χ1n) is 7.21. The average molecular weight is 275 g/mol. The summed E-state index contributed by atoms with van der Waals surface area (Å²) >= 11 is 2.01. The lowest BCUT2D eigenvalue weighted by Crippen LogP contribution is -2.34. The van der Waals surface area contributed by atoms with E-state index in [0.29, 0.717) is 17.1 Å². The van der Waals surface area contributed by atoms with Crippen LogP contribution in [0.15, 0.2) is 24.3 Å². The van der Waals surface area contributed by atoms with Crippen LogP contribution in [0.3, 0.4) is 0 Å². The van der Waals surface area contributed by atoms with Crippen molar-refractivity contribution < 1.29 is 4.79 Å². The number of thioether (sulfide) groups is 1. The Bertz CT molecular complexity index is 470. The minimum Gasteiger partial charge on any atom is -0.342 e. The normalized spacial score (nSPS) is 24.1. The second kappa shape index (κ2) is 5.58. The molecule has 0 bridgehead atoms. The topological polar surface area (TPSA) is 20.3 Å². The van der Waals surface area contributed by atoms with Crippen LogP contribution < -0.4 is 0 Å². The van der Waals surface area contributed by atoms with Crippen molar-refractivity contribution in [1.29, 1.82) is 0 Å². The zero-order valence-corrected chi connectivity index (χ0v) is 12.3. The van der Waals surface area contributed by atoms with Crippen LogP contribution in [-0.4, -0.2) is 29.6 Å². The van der Waals surface area contributed by atoms with Crippen LogP contribution in [0.1, 0.15) is 35.6 Å². The lowest BCUT2D eigenvalue weighted by Gasteiger charge is -2.20. The van der Waals surface area contributed by atoms with Gasteiger partial charge in [0.1, 0.15) is 0 Å². The van der Waals surface area contributed by atoms with E-state index in [0.717, 1.165) is 38.1 Å². The fourth-order valence-electron chi connectivity index (χ4n) is 2.78. The van der Waals surface area contributed by atoms with Crippen LogP contribution in [0.4, 0.5) is 0 Å². The monoisotopic (exact) mass is 275 g/mol. The number of rotatable bonds is 2. The van der Waals surface area contributed by atoms with Gasteiger partial charge in [0.25, 0.3) is 0 Å². The number of aryl methyl sites for hydroxylation is 1. The molecule has 0 unspecified atom stereocenters. The number of nitrogens with zero attached hydrogens (tertiary/aromatic N) is 1. The molecular formula is C16H21NOS. The molecule has 2 aliphatic rings. The van der Waals surface area contributed by atoms with Crippen molar-refractivity contribution in [2.24, 2.45) is 5.92 Å². The van der Waals surface area contributed by atoms with Gasteiger partial charge >= 0.3 is 0 Å². The summed E-state index contributed by atoms with van der Waals surface area (Å²) < 4.78 is 0. The molecule has 0 N–H and O–H groups in total. The molecule has 1 saturated heterocycles. The summed E-state index contributed by atoms with van der Waals surface area (Å²) in [5.74, 6) is 1.84. The second-order valence-corrected chi connectivity index (χ2v) is 6.91. The van der Waals surface area contributed by atoms with Gasteiger partial charge < -0.3 is 4.90 Å². The van der Waals surface area contributed by atoms with E-state index in [1.54, 1.807) is 0 Å². The van der Waals surface area contributed by atoms with Crippen molar-refractivity contribution >= 4 is 17.7 Å². The van der Waals surface area contributed by atoms with E-state index in [4.69, 9.17) is 0 Å². The van der Waals surface area contributed by atoms with E-state index in [1.165, 1.54) is 11.1 Å². The molecule has 0 radical (unpaired) electrons. The maximum Gasteiger partial charge on any atom is 0.225 e. The van der Waals surface area contributed by atoms with Gasteiger partial charge in [0, 0.05) is 30.0 Å². The molecule has 1 atom stereocenters. The highest BCUT2D eigenvalue weighted by Crippen LogP contribution is 2.37. The number of carbonyl (C=O) groups excluding carboxylic acids is 1. The first kappa shape index (κ1) is 13.0. The van der Waals surface area contributed by atoms with Crippen LogP contribution in [0.5, 0.6) is 0 Å². The Kier molecular flexibility index (Phi) is 3.83. The SMILES string of the molecule is Cc1ccccc1[C@H]1CCN(C(=O)C2CC2)CCS1. The summed E-state index contributed by atoms with van der Waals surface area (Å²) in [6, 6.07) is 8.66. The standard InChI is InChI=1S/C16H21NOS/c1-12-4-2-3-5-14(12)15-8-9-17(10-11-19-15)16(18)13-6-7-13/h2-5,13,15H,6-11H2,1H3/t15-/m1/s1. The molecule has 102 valence electrons. The van der Waals surface area contributed by atoms with E-state index in [2.05, 4.69) is 36.1 Å². The number of carbonyl (C=O) groups is 1. The molecule has 1 heterocycles. The fraction of sp³-hybridized carbons (Fsp3) is 0.562. The van der Waals surface area contributed by atoms with Gasteiger partial charge in [-0.3, -0.25) is 4.79 Å². The Balaban J connectivity index is 1.67. The van der Waals surface area contributed by atoms with E-state index >= 15 is 0 Å². The molecular weight excluding hydrogens is 254 g/mol. The zero-order valence-electron chi connectivity index (χ0n) is 11.5. The van der Waals surface area contributed by atoms with Crippen LogP contribution >= 0.6 is 11.8 Å². The molecule has 1 aromatic rings. The Morgan fingerprint density at radius 2 is 2.00 bits per heavy atom. The zero-order chi connectivity index (χ0) is 13.2. The van der Waals surface area contributed by atoms with E-state index < -0.39 is 0 Å². The Morgan fingerprint density at radius 3 is 2.74 bits per heavy atom. The van der Waals surface area contributed by atoms with E-state index in [-0.39, 0.29) is 0 Å². The molecule has 1 aromatic carbocycles. The predicted octanol–water partition coefficient (Wildman–Crippen LogP) is 3.41. The Hall–Kier alpha value is -0.960. The van der Waals surface area contributed by atoms with Gasteiger partial charge in [-0.15, -0.1) is 0 Å². The third-order valence-corrected chi connectivity index (χ3v) is 5.43. The van der Waals surface area contributed by atoms with Crippen molar-refractivity contribution in [3.8, 4) is 0 Å². The summed E-state index contributed by atoms with van der Waals surface area (Å²) in [5.41, 5.74) is 2.83. The fourth-order valence-corrected chi connectivity index (χ4v) is 4.10. The van der Waals surface area contributed by atoms with Gasteiger partial charge in [-0.1, -0.05) is 24.3 Å². The van der Waals surface area contributed by atoms with Gasteiger partial charge in [-0.25, -0.2) is 0 Å². The number of benzene rings is 1. The van der Waals surface area contributed by atoms with Crippen molar-refractivity contribution in [3.63, 3.8) is 0 Å². The van der Waals surface area contributed by atoms with Crippen molar-refractivity contribution in [2.75, 3.05) is 18.8 Å². The number of hydrogen-bond donors (Lipinski definition) is 0. The summed E-state index contributed by atoms with van der Waals surface area (Å²) in [5, 5.41) is 0.554. The average Bonchev–Trinajstić information content (AvgIpc) is 3.25. The first-order chi connectivity index (χ1) is 9.25. The largest absolute Gasteiger partial charge is 0.342 e. The number of amides is 1. The second-order valence-electron chi connectivity index (χ2n) is 5.60. The highest BCUT2D eigenvalue weighted by molar-refractivity contribution is 7.99. The van der Waals surface area contributed by atoms with Crippen LogP contribution in [0.25, 0.3) is 0 Å². The highest BCUT2D eigenvalue weighted by Gasteiger charge is 2.34. The summed E-state index contributed by atoms with van der Waals surface area (Å²) in [7, 11) is 0. The minimum absolute atomic E-state index is 0.361.